The molecule has 8 aromatic rings. The van der Waals surface area contributed by atoms with E-state index >= 15 is 0 Å². The third-order valence-corrected chi connectivity index (χ3v) is 14.6. The number of carbonyl (C=O) groups excluding carboxylic acids is 2. The normalized spacial score (nSPS) is 11.5. The summed E-state index contributed by atoms with van der Waals surface area (Å²) in [6.45, 7) is 0. The summed E-state index contributed by atoms with van der Waals surface area (Å²) in [5.74, 6) is -0.368. The molecule has 1 unspecified atom stereocenters. The Morgan fingerprint density at radius 1 is 0.367 bits per heavy atom. The number of imide groups is 1. The zero-order valence-electron chi connectivity index (χ0n) is 32.4. The SMILES string of the molecule is O=C1[N-]C(=O)c2ccccc21.O=S([S-])Cc1ccccc1.[Pt+2].c1ccc(P(c2ccccc2)c2ccccc2)cc1.c1ccc(P(c2ccccc2)c2ccccc2)cc1. The van der Waals surface area contributed by atoms with Gasteiger partial charge in [-0.1, -0.05) is 237 Å². The molecule has 0 radical (unpaired) electrons. The molecule has 9 rings (SSSR count). The summed E-state index contributed by atoms with van der Waals surface area (Å²) in [6, 6.07) is 80.9. The Kier molecular flexibility index (Phi) is 19.1. The summed E-state index contributed by atoms with van der Waals surface area (Å²) in [4.78, 5) is 21.8. The maximum Gasteiger partial charge on any atom is 2.00 e. The van der Waals surface area contributed by atoms with Crippen molar-refractivity contribution in [3.63, 3.8) is 0 Å². The molecule has 1 heterocycles. The number of fused-ring (bicyclic) bond motifs is 1. The number of benzene rings is 8. The van der Waals surface area contributed by atoms with Gasteiger partial charge in [-0.15, -0.1) is 9.83 Å². The molecule has 4 nitrogen and oxygen atoms in total. The maximum atomic E-state index is 10.9. The van der Waals surface area contributed by atoms with Crippen LogP contribution in [0.1, 0.15) is 26.3 Å². The summed E-state index contributed by atoms with van der Waals surface area (Å²) in [5.41, 5.74) is 1.87. The van der Waals surface area contributed by atoms with Gasteiger partial charge in [-0.3, -0.25) is 4.21 Å². The molecule has 60 heavy (non-hydrogen) atoms. The first-order valence-electron chi connectivity index (χ1n) is 18.9. The van der Waals surface area contributed by atoms with Crippen LogP contribution in [0.4, 0.5) is 0 Å². The minimum absolute atomic E-state index is 0. The standard InChI is InChI=1S/2C18H15P.C8H5NO2.C7H8OS2.Pt/c2*1-4-10-16(11-5-1)19(17-12-6-2-7-13-17)18-14-8-3-9-15-18;10-7-5-3-1-2-4-6(5)8(11)9-7;8-10(9)6-7-4-2-1-3-5-7;/h2*1-15H;1-4H,(H,9,10,11);1-5H,6H2,(H,8,9);/q;;;;+2/p-2. The minimum Gasteiger partial charge on any atom is -0.682 e. The van der Waals surface area contributed by atoms with E-state index < -0.39 is 37.5 Å². The summed E-state index contributed by atoms with van der Waals surface area (Å²) in [6.07, 6.45) is 0. The molecule has 0 N–H and O–H groups in total. The van der Waals surface area contributed by atoms with Crippen LogP contribution in [-0.2, 0) is 48.3 Å². The Morgan fingerprint density at radius 3 is 0.817 bits per heavy atom. The van der Waals surface area contributed by atoms with Crippen molar-refractivity contribution in [2.24, 2.45) is 0 Å². The smallest absolute Gasteiger partial charge is 0.682 e. The van der Waals surface area contributed by atoms with E-state index in [-0.39, 0.29) is 21.1 Å². The Morgan fingerprint density at radius 2 is 0.583 bits per heavy atom. The molecule has 0 saturated heterocycles. The van der Waals surface area contributed by atoms with E-state index in [0.29, 0.717) is 16.9 Å². The number of nitrogens with zero attached hydrogens (tertiary/aromatic N) is 1. The molecule has 300 valence electrons. The molecular weight excluding hydrogens is 996 g/mol. The van der Waals surface area contributed by atoms with Crippen molar-refractivity contribution in [1.82, 2.24) is 0 Å². The molecule has 0 fully saturated rings. The summed E-state index contributed by atoms with van der Waals surface area (Å²) in [7, 11) is -2.03. The zero-order chi connectivity index (χ0) is 41.1. The van der Waals surface area contributed by atoms with Crippen molar-refractivity contribution >= 4 is 81.0 Å². The Labute approximate surface area is 377 Å². The van der Waals surface area contributed by atoms with Crippen LogP contribution in [0.25, 0.3) is 5.32 Å². The van der Waals surface area contributed by atoms with Crippen molar-refractivity contribution in [2.45, 2.75) is 5.75 Å². The minimum atomic E-state index is -1.13. The van der Waals surface area contributed by atoms with Gasteiger partial charge in [0.2, 0.25) is 0 Å². The monoisotopic (exact) mass is 1040 g/mol. The summed E-state index contributed by atoms with van der Waals surface area (Å²) < 4.78 is 10.5. The van der Waals surface area contributed by atoms with Crippen LogP contribution in [0.5, 0.6) is 0 Å². The van der Waals surface area contributed by atoms with E-state index in [1.165, 1.54) is 31.8 Å². The number of carbonyl (C=O) groups is 2. The van der Waals surface area contributed by atoms with Gasteiger partial charge in [-0.05, 0) is 53.2 Å². The second-order valence-corrected chi connectivity index (χ2v) is 19.3. The van der Waals surface area contributed by atoms with E-state index in [1.807, 2.05) is 30.3 Å². The van der Waals surface area contributed by atoms with E-state index in [4.69, 9.17) is 0 Å². The molecule has 1 aliphatic heterocycles. The third kappa shape index (κ3) is 13.7. The van der Waals surface area contributed by atoms with Gasteiger partial charge in [0.15, 0.2) is 0 Å². The Bertz CT molecular complexity index is 2170. The maximum absolute atomic E-state index is 10.9. The molecule has 8 aromatic carbocycles. The molecule has 0 aromatic heterocycles. The third-order valence-electron chi connectivity index (χ3n) is 8.80. The van der Waals surface area contributed by atoms with Gasteiger partial charge < -0.3 is 26.6 Å². The molecule has 0 bridgehead atoms. The van der Waals surface area contributed by atoms with E-state index in [2.05, 4.69) is 199 Å². The van der Waals surface area contributed by atoms with Crippen LogP contribution in [-0.4, -0.2) is 16.0 Å². The van der Waals surface area contributed by atoms with Gasteiger partial charge in [-0.25, -0.2) is 0 Å². The van der Waals surface area contributed by atoms with E-state index in [1.54, 1.807) is 24.3 Å². The Balaban J connectivity index is 0.000000157. The number of amides is 2. The molecule has 1 atom stereocenters. The predicted octanol–water partition coefficient (Wildman–Crippen LogP) is 9.64. The van der Waals surface area contributed by atoms with Crippen LogP contribution < -0.4 is 31.8 Å². The molecule has 2 amide bonds. The van der Waals surface area contributed by atoms with Crippen molar-refractivity contribution in [3.05, 3.63) is 259 Å². The topological polar surface area (TPSA) is 65.3 Å². The van der Waals surface area contributed by atoms with Gasteiger partial charge in [-0.2, -0.15) is 0 Å². The molecule has 1 aliphatic rings. The fourth-order valence-electron chi connectivity index (χ4n) is 6.14. The van der Waals surface area contributed by atoms with Crippen LogP contribution in [0, 0.1) is 0 Å². The van der Waals surface area contributed by atoms with E-state index in [0.717, 1.165) is 5.56 Å². The van der Waals surface area contributed by atoms with Gasteiger partial charge in [0, 0.05) is 16.9 Å². The molecule has 0 aliphatic carbocycles. The van der Waals surface area contributed by atoms with Crippen LogP contribution in [0.15, 0.2) is 237 Å². The predicted molar refractivity (Wildman–Crippen MR) is 254 cm³/mol. The average molecular weight is 1040 g/mol. The Hall–Kier alpha value is -5.05. The van der Waals surface area contributed by atoms with E-state index in [9.17, 15) is 13.8 Å². The van der Waals surface area contributed by atoms with Gasteiger partial charge in [0.25, 0.3) is 0 Å². The largest absolute Gasteiger partial charge is 2.00 e. The van der Waals surface area contributed by atoms with Gasteiger partial charge >= 0.3 is 21.1 Å². The summed E-state index contributed by atoms with van der Waals surface area (Å²) >= 11 is 4.53. The van der Waals surface area contributed by atoms with Crippen molar-refractivity contribution in [2.75, 3.05) is 0 Å². The molecule has 9 heteroatoms. The van der Waals surface area contributed by atoms with Gasteiger partial charge in [0.05, 0.1) is 11.8 Å². The van der Waals surface area contributed by atoms with Crippen LogP contribution in [0.3, 0.4) is 0 Å². The van der Waals surface area contributed by atoms with Crippen molar-refractivity contribution in [3.8, 4) is 0 Å². The molecule has 0 saturated carbocycles. The average Bonchev–Trinajstić information content (AvgIpc) is 3.59. The first kappa shape index (κ1) is 46.0. The number of hydrogen-bond donors (Lipinski definition) is 0. The second-order valence-electron chi connectivity index (χ2n) is 12.9. The summed E-state index contributed by atoms with van der Waals surface area (Å²) in [5, 5.41) is 11.7. The second kappa shape index (κ2) is 24.9. The van der Waals surface area contributed by atoms with Crippen molar-refractivity contribution in [1.29, 1.82) is 0 Å². The molecular formula is C51H41NO3P2PtS2. The fraction of sp³-hybridized carbons (Fsp3) is 0.0196. The quantitative estimate of drug-likeness (QED) is 0.0659. The molecule has 0 spiro atoms. The first-order chi connectivity index (χ1) is 29.0. The number of hydrogen-bond acceptors (Lipinski definition) is 4. The van der Waals surface area contributed by atoms with Crippen molar-refractivity contribution < 1.29 is 34.9 Å². The number of rotatable bonds is 8. The van der Waals surface area contributed by atoms with Gasteiger partial charge in [0.1, 0.15) is 0 Å². The zero-order valence-corrected chi connectivity index (χ0v) is 38.1. The fourth-order valence-corrected chi connectivity index (χ4v) is 11.6. The van der Waals surface area contributed by atoms with Crippen LogP contribution in [0.2, 0.25) is 0 Å². The van der Waals surface area contributed by atoms with Crippen LogP contribution >= 0.6 is 15.8 Å². The first-order valence-corrected chi connectivity index (χ1v) is 23.8.